The number of hydrogen-bond acceptors (Lipinski definition) is 9. The first-order valence-corrected chi connectivity index (χ1v) is 17.4. The number of hydrogen-bond donors (Lipinski definition) is 4. The molecule has 256 valence electrons. The Hall–Kier alpha value is -4.40. The molecular weight excluding hydrogens is 647 g/mol. The van der Waals surface area contributed by atoms with E-state index >= 15 is 0 Å². The molecule has 0 unspecified atom stereocenters. The number of carbonyl (C=O) groups excluding carboxylic acids is 1. The summed E-state index contributed by atoms with van der Waals surface area (Å²) in [4.78, 5) is 31.9. The average molecular weight is 687 g/mol. The molecule has 0 radical (unpaired) electrons. The van der Waals surface area contributed by atoms with E-state index in [1.807, 2.05) is 41.3 Å². The second-order valence-corrected chi connectivity index (χ2v) is 13.8. The highest BCUT2D eigenvalue weighted by Gasteiger charge is 2.41. The van der Waals surface area contributed by atoms with Gasteiger partial charge in [-0.3, -0.25) is 14.5 Å². The van der Waals surface area contributed by atoms with Crippen LogP contribution in [0, 0.1) is 5.82 Å². The van der Waals surface area contributed by atoms with Crippen molar-refractivity contribution >= 4 is 27.5 Å². The number of rotatable bonds is 10. The van der Waals surface area contributed by atoms with E-state index in [-0.39, 0.29) is 28.9 Å². The molecule has 4 heterocycles. The fourth-order valence-electron chi connectivity index (χ4n) is 6.94. The molecule has 4 N–H and O–H groups in total. The van der Waals surface area contributed by atoms with Crippen molar-refractivity contribution < 1.29 is 24.1 Å². The van der Waals surface area contributed by atoms with Gasteiger partial charge >= 0.3 is 4.87 Å². The number of nitrogens with zero attached hydrogens (tertiary/aromatic N) is 4. The predicted octanol–water partition coefficient (Wildman–Crippen LogP) is 3.99. The molecule has 11 nitrogen and oxygen atoms in total. The number of halogens is 1. The quantitative estimate of drug-likeness (QED) is 0.162. The number of thiazole rings is 1. The number of aromatic nitrogens is 3. The van der Waals surface area contributed by atoms with Crippen LogP contribution in [0.25, 0.3) is 15.9 Å². The van der Waals surface area contributed by atoms with Crippen molar-refractivity contribution in [1.29, 1.82) is 0 Å². The van der Waals surface area contributed by atoms with Crippen molar-refractivity contribution in [2.45, 2.75) is 37.5 Å². The van der Waals surface area contributed by atoms with E-state index in [1.165, 1.54) is 6.07 Å². The van der Waals surface area contributed by atoms with Crippen molar-refractivity contribution in [3.05, 3.63) is 111 Å². The van der Waals surface area contributed by atoms with Crippen molar-refractivity contribution in [3.8, 4) is 11.4 Å². The molecule has 49 heavy (non-hydrogen) atoms. The third-order valence-corrected chi connectivity index (χ3v) is 10.4. The Bertz CT molecular complexity index is 1990. The molecule has 1 spiro atoms. The Morgan fingerprint density at radius 3 is 2.69 bits per heavy atom. The van der Waals surface area contributed by atoms with E-state index in [1.54, 1.807) is 35.1 Å². The van der Waals surface area contributed by atoms with Gasteiger partial charge in [-0.1, -0.05) is 41.7 Å². The highest BCUT2D eigenvalue weighted by molar-refractivity contribution is 7.16. The van der Waals surface area contributed by atoms with Gasteiger partial charge in [0.1, 0.15) is 22.8 Å². The third kappa shape index (κ3) is 7.31. The summed E-state index contributed by atoms with van der Waals surface area (Å²) >= 11 is 0.951. The lowest BCUT2D eigenvalue weighted by atomic mass is 9.89. The van der Waals surface area contributed by atoms with E-state index in [0.29, 0.717) is 60.7 Å². The first-order chi connectivity index (χ1) is 23.8. The molecule has 1 atom stereocenters. The molecule has 2 aliphatic heterocycles. The number of H-pyrrole nitrogens is 1. The summed E-state index contributed by atoms with van der Waals surface area (Å²) in [5.41, 5.74) is 3.62. The number of phenolic OH excluding ortho intramolecular Hbond substituents is 1. The number of piperidine rings is 1. The summed E-state index contributed by atoms with van der Waals surface area (Å²) in [6.07, 6.45) is 2.90. The van der Waals surface area contributed by atoms with E-state index in [0.717, 1.165) is 54.1 Å². The number of carbonyl (C=O) groups is 1. The van der Waals surface area contributed by atoms with E-state index in [2.05, 4.69) is 20.3 Å². The maximum atomic E-state index is 14.7. The van der Waals surface area contributed by atoms with Crippen LogP contribution in [-0.4, -0.2) is 92.2 Å². The molecule has 0 saturated carbocycles. The van der Waals surface area contributed by atoms with Crippen molar-refractivity contribution in [2.75, 3.05) is 45.9 Å². The van der Waals surface area contributed by atoms with Crippen LogP contribution in [-0.2, 0) is 17.7 Å². The van der Waals surface area contributed by atoms with Crippen LogP contribution in [0.15, 0.2) is 77.7 Å². The summed E-state index contributed by atoms with van der Waals surface area (Å²) < 4.78 is 23.2. The van der Waals surface area contributed by atoms with Crippen LogP contribution >= 0.6 is 11.3 Å². The lowest BCUT2D eigenvalue weighted by molar-refractivity contribution is -0.128. The first kappa shape index (κ1) is 33.1. The molecule has 5 aromatic rings. The predicted molar refractivity (Wildman–Crippen MR) is 185 cm³/mol. The monoisotopic (exact) mass is 686 g/mol. The number of aromatic hydroxyl groups is 1. The van der Waals surface area contributed by atoms with Gasteiger partial charge in [-0.05, 0) is 73.3 Å². The standard InChI is InChI=1S/C36H39FN6O5S/c37-26-19-24(8-12-38-21-31(45)28-6-7-30(44)32-33(28)49-35(47)40-32)18-25(20-26)22-41-14-10-36(11-15-41)23-42(16-17-48-36)34(46)29-9-13-39-43(29)27-4-2-1-3-5-27/h1-7,9,13,18-20,31,38,44-45H,8,10-12,14-17,21-23H2,(H,40,47)/t31-/m0/s1. The molecule has 0 bridgehead atoms. The van der Waals surface area contributed by atoms with Gasteiger partial charge in [-0.15, -0.1) is 0 Å². The second-order valence-electron chi connectivity index (χ2n) is 12.8. The van der Waals surface area contributed by atoms with Crippen LogP contribution in [0.4, 0.5) is 4.39 Å². The Labute approximate surface area is 286 Å². The van der Waals surface area contributed by atoms with Gasteiger partial charge in [0.25, 0.3) is 5.91 Å². The normalized spacial score (nSPS) is 17.1. The van der Waals surface area contributed by atoms with Crippen molar-refractivity contribution in [2.24, 2.45) is 0 Å². The van der Waals surface area contributed by atoms with Gasteiger partial charge in [-0.2, -0.15) is 5.10 Å². The first-order valence-electron chi connectivity index (χ1n) is 16.5. The zero-order valence-corrected chi connectivity index (χ0v) is 27.8. The number of nitrogens with one attached hydrogen (secondary N) is 2. The number of ether oxygens (including phenoxy) is 1. The Kier molecular flexibility index (Phi) is 9.61. The molecule has 2 aliphatic rings. The number of likely N-dealkylation sites (tertiary alicyclic amines) is 1. The molecule has 2 aromatic heterocycles. The van der Waals surface area contributed by atoms with Crippen LogP contribution in [0.3, 0.4) is 0 Å². The number of aliphatic hydroxyl groups is 1. The van der Waals surface area contributed by atoms with Crippen LogP contribution in [0.5, 0.6) is 5.75 Å². The number of para-hydroxylation sites is 1. The third-order valence-electron chi connectivity index (χ3n) is 9.46. The highest BCUT2D eigenvalue weighted by Crippen LogP contribution is 2.33. The lowest BCUT2D eigenvalue weighted by Gasteiger charge is -2.47. The minimum Gasteiger partial charge on any atom is -0.506 e. The van der Waals surface area contributed by atoms with E-state index in [9.17, 15) is 24.2 Å². The maximum Gasteiger partial charge on any atom is 0.305 e. The van der Waals surface area contributed by atoms with Gasteiger partial charge in [0.15, 0.2) is 0 Å². The van der Waals surface area contributed by atoms with Gasteiger partial charge in [-0.25, -0.2) is 9.07 Å². The van der Waals surface area contributed by atoms with Gasteiger partial charge in [0.2, 0.25) is 0 Å². The molecule has 1 amide bonds. The van der Waals surface area contributed by atoms with E-state index in [4.69, 9.17) is 4.74 Å². The minimum absolute atomic E-state index is 0.0341. The largest absolute Gasteiger partial charge is 0.506 e. The number of fused-ring (bicyclic) bond motifs is 1. The highest BCUT2D eigenvalue weighted by atomic mass is 32.1. The SMILES string of the molecule is O=C(c1ccnn1-c1ccccc1)N1CCOC2(CCN(Cc3cc(F)cc(CCNC[C@H](O)c4ccc(O)c5[nH]c(=O)sc45)c3)CC2)C1. The Morgan fingerprint density at radius 2 is 1.88 bits per heavy atom. The lowest BCUT2D eigenvalue weighted by Crippen LogP contribution is -2.58. The average Bonchev–Trinajstić information content (AvgIpc) is 3.75. The van der Waals surface area contributed by atoms with Crippen molar-refractivity contribution in [1.82, 2.24) is 29.9 Å². The second kappa shape index (κ2) is 14.2. The smallest absolute Gasteiger partial charge is 0.305 e. The van der Waals surface area contributed by atoms with E-state index < -0.39 is 11.7 Å². The topological polar surface area (TPSA) is 136 Å². The number of aromatic amines is 1. The fraction of sp³-hybridized carbons (Fsp3) is 0.361. The summed E-state index contributed by atoms with van der Waals surface area (Å²) in [6.45, 7) is 4.46. The minimum atomic E-state index is -0.879. The number of amides is 1. The molecular formula is C36H39FN6O5S. The molecule has 7 rings (SSSR count). The zero-order valence-electron chi connectivity index (χ0n) is 27.0. The molecule has 2 saturated heterocycles. The summed E-state index contributed by atoms with van der Waals surface area (Å²) in [7, 11) is 0. The number of benzene rings is 3. The zero-order chi connectivity index (χ0) is 34.0. The maximum absolute atomic E-state index is 14.7. The molecule has 0 aliphatic carbocycles. The van der Waals surface area contributed by atoms with Crippen LogP contribution < -0.4 is 10.2 Å². The van der Waals surface area contributed by atoms with Crippen molar-refractivity contribution in [3.63, 3.8) is 0 Å². The van der Waals surface area contributed by atoms with Crippen LogP contribution in [0.2, 0.25) is 0 Å². The van der Waals surface area contributed by atoms with Gasteiger partial charge < -0.3 is 30.2 Å². The Morgan fingerprint density at radius 1 is 1.08 bits per heavy atom. The van der Waals surface area contributed by atoms with Crippen LogP contribution in [0.1, 0.15) is 46.1 Å². The number of phenols is 1. The molecule has 3 aromatic carbocycles. The fourth-order valence-corrected chi connectivity index (χ4v) is 7.85. The Balaban J connectivity index is 0.910. The number of morpholine rings is 1. The molecule has 13 heteroatoms. The number of aliphatic hydroxyl groups excluding tert-OH is 1. The molecule has 2 fully saturated rings. The van der Waals surface area contributed by atoms with Gasteiger partial charge in [0, 0.05) is 38.3 Å². The summed E-state index contributed by atoms with van der Waals surface area (Å²) in [6, 6.07) is 19.6. The van der Waals surface area contributed by atoms with Gasteiger partial charge in [0.05, 0.1) is 41.4 Å². The summed E-state index contributed by atoms with van der Waals surface area (Å²) in [5, 5.41) is 28.4. The summed E-state index contributed by atoms with van der Waals surface area (Å²) in [5.74, 6) is -0.373.